The van der Waals surface area contributed by atoms with Crippen LogP contribution in [-0.4, -0.2) is 35.3 Å². The zero-order valence-corrected chi connectivity index (χ0v) is 15.9. The molecule has 2 bridgehead atoms. The van der Waals surface area contributed by atoms with E-state index in [1.807, 2.05) is 0 Å². The van der Waals surface area contributed by atoms with Gasteiger partial charge >= 0.3 is 11.9 Å². The number of esters is 2. The number of carbonyl (C=O) groups excluding carboxylic acids is 3. The van der Waals surface area contributed by atoms with Gasteiger partial charge in [0.05, 0.1) is 21.7 Å². The second kappa shape index (κ2) is 6.25. The average Bonchev–Trinajstić information content (AvgIpc) is 3.16. The molecule has 0 aromatic heterocycles. The van der Waals surface area contributed by atoms with E-state index < -0.39 is 30.2 Å². The molecule has 0 N–H and O–H groups in total. The molecule has 1 aromatic rings. The summed E-state index contributed by atoms with van der Waals surface area (Å²) in [6, 6.07) is 4.49. The molecule has 3 aliphatic rings. The van der Waals surface area contributed by atoms with E-state index in [9.17, 15) is 14.4 Å². The number of hydrogen-bond acceptors (Lipinski definition) is 5. The summed E-state index contributed by atoms with van der Waals surface area (Å²) in [5, 5.41) is 0.620. The lowest BCUT2D eigenvalue weighted by Crippen LogP contribution is -2.39. The van der Waals surface area contributed by atoms with Crippen molar-refractivity contribution in [1.82, 2.24) is 0 Å². The number of alkyl halides is 1. The molecule has 1 heterocycles. The van der Waals surface area contributed by atoms with Crippen LogP contribution in [0.4, 0.5) is 0 Å². The van der Waals surface area contributed by atoms with Crippen molar-refractivity contribution in [3.63, 3.8) is 0 Å². The Labute approximate surface area is 162 Å². The standard InChI is InChI=1S/C17H13BrCl2O5/c18-14-8-4-9-13(17(23)25-15(9)14)12(8)16(22)24-5-11(21)7-2-1-6(19)3-10(7)20/h1-3,8-9,12-15H,4-5H2/t8-,9-,12-,13-,14+,15+/m1/s1. The van der Waals surface area contributed by atoms with Crippen molar-refractivity contribution in [3.05, 3.63) is 33.8 Å². The van der Waals surface area contributed by atoms with E-state index in [2.05, 4.69) is 15.9 Å². The van der Waals surface area contributed by atoms with Crippen LogP contribution in [0.1, 0.15) is 16.8 Å². The van der Waals surface area contributed by atoms with Gasteiger partial charge in [0.2, 0.25) is 5.78 Å². The minimum atomic E-state index is -0.561. The van der Waals surface area contributed by atoms with Crippen molar-refractivity contribution in [2.24, 2.45) is 23.7 Å². The van der Waals surface area contributed by atoms with Crippen molar-refractivity contribution >= 4 is 56.9 Å². The highest BCUT2D eigenvalue weighted by molar-refractivity contribution is 9.09. The molecule has 3 fully saturated rings. The summed E-state index contributed by atoms with van der Waals surface area (Å²) in [6.45, 7) is -0.424. The van der Waals surface area contributed by atoms with Crippen LogP contribution in [0.3, 0.4) is 0 Å². The number of carbonyl (C=O) groups is 3. The third kappa shape index (κ3) is 2.69. The Balaban J connectivity index is 1.44. The second-order valence-electron chi connectivity index (χ2n) is 6.62. The summed E-state index contributed by atoms with van der Waals surface area (Å²) >= 11 is 15.3. The Morgan fingerprint density at radius 3 is 2.76 bits per heavy atom. The third-order valence-electron chi connectivity index (χ3n) is 5.37. The highest BCUT2D eigenvalue weighted by atomic mass is 79.9. The molecule has 5 nitrogen and oxygen atoms in total. The first-order chi connectivity index (χ1) is 11.9. The number of ketones is 1. The minimum absolute atomic E-state index is 0.00632. The van der Waals surface area contributed by atoms with Gasteiger partial charge in [-0.15, -0.1) is 0 Å². The molecule has 4 rings (SSSR count). The third-order valence-corrected chi connectivity index (χ3v) is 7.12. The highest BCUT2D eigenvalue weighted by Gasteiger charge is 2.68. The van der Waals surface area contributed by atoms with Gasteiger partial charge in [0.15, 0.2) is 6.61 Å². The molecule has 1 aliphatic heterocycles. The lowest BCUT2D eigenvalue weighted by Gasteiger charge is -2.26. The Hall–Kier alpha value is -1.11. The molecule has 6 atom stereocenters. The van der Waals surface area contributed by atoms with E-state index in [4.69, 9.17) is 32.7 Å². The quantitative estimate of drug-likeness (QED) is 0.402. The smallest absolute Gasteiger partial charge is 0.310 e. The molecule has 1 aromatic carbocycles. The average molecular weight is 448 g/mol. The number of hydrogen-bond donors (Lipinski definition) is 0. The summed E-state index contributed by atoms with van der Waals surface area (Å²) in [5.74, 6) is -2.25. The monoisotopic (exact) mass is 446 g/mol. The Morgan fingerprint density at radius 2 is 2.04 bits per heavy atom. The summed E-state index contributed by atoms with van der Waals surface area (Å²) in [6.07, 6.45) is 0.606. The van der Waals surface area contributed by atoms with Gasteiger partial charge in [-0.3, -0.25) is 14.4 Å². The fourth-order valence-electron chi connectivity index (χ4n) is 4.32. The number of benzene rings is 1. The Bertz CT molecular complexity index is 782. The van der Waals surface area contributed by atoms with Gasteiger partial charge in [-0.05, 0) is 30.5 Å². The topological polar surface area (TPSA) is 69.7 Å². The summed E-state index contributed by atoms with van der Waals surface area (Å²) in [5.41, 5.74) is 0.241. The van der Waals surface area contributed by atoms with E-state index in [1.165, 1.54) is 12.1 Å². The molecule has 8 heteroatoms. The highest BCUT2D eigenvalue weighted by Crippen LogP contribution is 2.60. The van der Waals surface area contributed by atoms with Crippen LogP contribution in [0.5, 0.6) is 0 Å². The zero-order chi connectivity index (χ0) is 17.9. The van der Waals surface area contributed by atoms with Crippen LogP contribution in [-0.2, 0) is 19.1 Å². The molecule has 0 radical (unpaired) electrons. The maximum absolute atomic E-state index is 12.5. The normalized spacial score (nSPS) is 34.9. The van der Waals surface area contributed by atoms with Crippen molar-refractivity contribution in [2.75, 3.05) is 6.61 Å². The first kappa shape index (κ1) is 17.3. The van der Waals surface area contributed by atoms with Crippen LogP contribution in [0.2, 0.25) is 10.0 Å². The number of halogens is 3. The van der Waals surface area contributed by atoms with Gasteiger partial charge in [-0.25, -0.2) is 0 Å². The number of fused-ring (bicyclic) bond motifs is 1. The van der Waals surface area contributed by atoms with Crippen molar-refractivity contribution < 1.29 is 23.9 Å². The second-order valence-corrected chi connectivity index (χ2v) is 8.52. The molecular weight excluding hydrogens is 435 g/mol. The van der Waals surface area contributed by atoms with E-state index in [0.717, 1.165) is 6.42 Å². The van der Waals surface area contributed by atoms with Crippen LogP contribution in [0.25, 0.3) is 0 Å². The summed E-state index contributed by atoms with van der Waals surface area (Å²) in [4.78, 5) is 36.8. The molecule has 2 aliphatic carbocycles. The fraction of sp³-hybridized carbons (Fsp3) is 0.471. The lowest BCUT2D eigenvalue weighted by atomic mass is 9.80. The van der Waals surface area contributed by atoms with Crippen LogP contribution >= 0.6 is 39.1 Å². The Kier molecular flexibility index (Phi) is 4.33. The van der Waals surface area contributed by atoms with Crippen LogP contribution in [0, 0.1) is 23.7 Å². The van der Waals surface area contributed by atoms with Gasteiger partial charge < -0.3 is 9.47 Å². The molecule has 0 amide bonds. The van der Waals surface area contributed by atoms with Crippen molar-refractivity contribution in [1.29, 1.82) is 0 Å². The number of ether oxygens (including phenoxy) is 2. The summed E-state index contributed by atoms with van der Waals surface area (Å²) < 4.78 is 10.6. The summed E-state index contributed by atoms with van der Waals surface area (Å²) in [7, 11) is 0. The van der Waals surface area contributed by atoms with Gasteiger partial charge in [-0.1, -0.05) is 39.1 Å². The maximum Gasteiger partial charge on any atom is 0.310 e. The van der Waals surface area contributed by atoms with E-state index >= 15 is 0 Å². The number of rotatable bonds is 4. The maximum atomic E-state index is 12.5. The van der Waals surface area contributed by atoms with E-state index in [0.29, 0.717) is 5.02 Å². The molecule has 1 saturated heterocycles. The molecule has 0 spiro atoms. The Morgan fingerprint density at radius 1 is 1.28 bits per heavy atom. The van der Waals surface area contributed by atoms with Crippen LogP contribution < -0.4 is 0 Å². The van der Waals surface area contributed by atoms with Gasteiger partial charge in [0.25, 0.3) is 0 Å². The lowest BCUT2D eigenvalue weighted by molar-refractivity contribution is -0.154. The molecular formula is C17H13BrCl2O5. The predicted molar refractivity (Wildman–Crippen MR) is 92.9 cm³/mol. The first-order valence-corrected chi connectivity index (χ1v) is 9.55. The molecule has 25 heavy (non-hydrogen) atoms. The fourth-order valence-corrected chi connectivity index (χ4v) is 5.88. The molecule has 132 valence electrons. The van der Waals surface area contributed by atoms with E-state index in [-0.39, 0.29) is 39.3 Å². The molecule has 0 unspecified atom stereocenters. The number of Topliss-reactive ketones (excluding diaryl/α,β-unsaturated/α-hetero) is 1. The molecule has 2 saturated carbocycles. The zero-order valence-electron chi connectivity index (χ0n) is 12.8. The van der Waals surface area contributed by atoms with Gasteiger partial charge in [0.1, 0.15) is 6.10 Å². The van der Waals surface area contributed by atoms with Crippen LogP contribution in [0.15, 0.2) is 18.2 Å². The van der Waals surface area contributed by atoms with E-state index in [1.54, 1.807) is 6.07 Å². The van der Waals surface area contributed by atoms with Gasteiger partial charge in [-0.2, -0.15) is 0 Å². The minimum Gasteiger partial charge on any atom is -0.461 e. The van der Waals surface area contributed by atoms with Crippen molar-refractivity contribution in [2.45, 2.75) is 17.4 Å². The first-order valence-electron chi connectivity index (χ1n) is 7.88. The van der Waals surface area contributed by atoms with Crippen molar-refractivity contribution in [3.8, 4) is 0 Å². The van der Waals surface area contributed by atoms with Gasteiger partial charge in [0, 0.05) is 16.5 Å². The predicted octanol–water partition coefficient (Wildman–Crippen LogP) is 3.29. The largest absolute Gasteiger partial charge is 0.461 e. The SMILES string of the molecule is O=C(COC(=O)[C@@H]1[C@H]2C[C@H]3[C@H](OC(=O)[C@H]31)[C@H]2Br)c1ccc(Cl)cc1Cl.